The Bertz CT molecular complexity index is 993. The highest BCUT2D eigenvalue weighted by Gasteiger charge is 2.49. The van der Waals surface area contributed by atoms with Gasteiger partial charge in [0.1, 0.15) is 5.04 Å². The molecule has 2 aliphatic rings. The Labute approximate surface area is 160 Å². The van der Waals surface area contributed by atoms with Gasteiger partial charge in [0.15, 0.2) is 11.7 Å². The van der Waals surface area contributed by atoms with Crippen molar-refractivity contribution in [2.45, 2.75) is 5.75 Å². The molecule has 3 heterocycles. The van der Waals surface area contributed by atoms with Crippen molar-refractivity contribution < 1.29 is 18.6 Å². The molecule has 3 amide bonds. The van der Waals surface area contributed by atoms with Crippen LogP contribution in [-0.2, 0) is 10.5 Å². The molecule has 0 saturated heterocycles. The fourth-order valence-corrected chi connectivity index (χ4v) is 3.97. The van der Waals surface area contributed by atoms with Crippen LogP contribution in [0.4, 0.5) is 4.79 Å². The van der Waals surface area contributed by atoms with Crippen LogP contribution in [0.3, 0.4) is 0 Å². The van der Waals surface area contributed by atoms with E-state index in [-0.39, 0.29) is 5.91 Å². The molecule has 27 heavy (non-hydrogen) atoms. The van der Waals surface area contributed by atoms with Gasteiger partial charge in [0, 0.05) is 5.75 Å². The van der Waals surface area contributed by atoms with Crippen LogP contribution in [0.2, 0.25) is 0 Å². The number of furan rings is 1. The lowest BCUT2D eigenvalue weighted by Gasteiger charge is -2.26. The Kier molecular flexibility index (Phi) is 4.49. The standard InChI is InChI=1S/C19H17N4O3S/c1-22-16-14(18(24)23(2)19(22)25)17(27-11-12-7-4-3-5-8-12)21-15(20-16)13-9-6-10-26-13/h3-10,14H,11H2,1-2H3/q+1. The van der Waals surface area contributed by atoms with Crippen molar-refractivity contribution in [3.8, 4) is 0 Å². The summed E-state index contributed by atoms with van der Waals surface area (Å²) in [6.07, 6.45) is 1.54. The summed E-state index contributed by atoms with van der Waals surface area (Å²) in [6.45, 7) is 0. The maximum atomic E-state index is 12.8. The number of carbonyl (C=O) groups excluding carboxylic acids is 2. The quantitative estimate of drug-likeness (QED) is 0.766. The first kappa shape index (κ1) is 17.4. The molecule has 0 spiro atoms. The van der Waals surface area contributed by atoms with Gasteiger partial charge < -0.3 is 4.42 Å². The second kappa shape index (κ2) is 6.96. The van der Waals surface area contributed by atoms with Crippen molar-refractivity contribution >= 4 is 40.4 Å². The maximum Gasteiger partial charge on any atom is 0.445 e. The Morgan fingerprint density at radius 1 is 1.15 bits per heavy atom. The van der Waals surface area contributed by atoms with Crippen molar-refractivity contribution in [3.05, 3.63) is 60.1 Å². The number of amidine groups is 2. The van der Waals surface area contributed by atoms with E-state index in [2.05, 4.69) is 9.98 Å². The zero-order valence-corrected chi connectivity index (χ0v) is 15.6. The van der Waals surface area contributed by atoms with Gasteiger partial charge in [-0.05, 0) is 17.7 Å². The van der Waals surface area contributed by atoms with E-state index in [0.29, 0.717) is 28.2 Å². The number of amides is 3. The van der Waals surface area contributed by atoms with Gasteiger partial charge in [-0.25, -0.2) is 9.79 Å². The Balaban J connectivity index is 1.76. The number of imide groups is 1. The van der Waals surface area contributed by atoms with E-state index in [0.717, 1.165) is 10.5 Å². The molecule has 1 aromatic carbocycles. The molecule has 136 valence electrons. The van der Waals surface area contributed by atoms with E-state index in [1.54, 1.807) is 19.2 Å². The van der Waals surface area contributed by atoms with E-state index < -0.39 is 11.9 Å². The minimum absolute atomic E-state index is 0.324. The normalized spacial score (nSPS) is 19.8. The summed E-state index contributed by atoms with van der Waals surface area (Å²) in [5, 5.41) is 0.603. The lowest BCUT2D eigenvalue weighted by molar-refractivity contribution is -0.407. The monoisotopic (exact) mass is 381 g/mol. The molecule has 1 unspecified atom stereocenters. The third-order valence-electron chi connectivity index (χ3n) is 4.41. The smallest absolute Gasteiger partial charge is 0.445 e. The van der Waals surface area contributed by atoms with E-state index in [1.807, 2.05) is 30.3 Å². The average Bonchev–Trinajstić information content (AvgIpc) is 3.24. The van der Waals surface area contributed by atoms with Crippen LogP contribution in [0.1, 0.15) is 11.3 Å². The van der Waals surface area contributed by atoms with Gasteiger partial charge in [-0.3, -0.25) is 4.79 Å². The molecule has 4 rings (SSSR count). The summed E-state index contributed by atoms with van der Waals surface area (Å²) in [6, 6.07) is 13.0. The van der Waals surface area contributed by atoms with Gasteiger partial charge in [0.25, 0.3) is 11.7 Å². The van der Waals surface area contributed by atoms with Gasteiger partial charge >= 0.3 is 11.9 Å². The number of aliphatic imine (C=N–C) groups is 2. The van der Waals surface area contributed by atoms with Gasteiger partial charge in [-0.1, -0.05) is 35.3 Å². The third-order valence-corrected chi connectivity index (χ3v) is 5.51. The maximum absolute atomic E-state index is 12.8. The predicted molar refractivity (Wildman–Crippen MR) is 103 cm³/mol. The molecule has 8 heteroatoms. The molecule has 2 aliphatic heterocycles. The first-order valence-electron chi connectivity index (χ1n) is 8.36. The van der Waals surface area contributed by atoms with Crippen LogP contribution in [0.15, 0.2) is 63.1 Å². The highest BCUT2D eigenvalue weighted by molar-refractivity contribution is 8.13. The fourth-order valence-electron chi connectivity index (χ4n) is 2.94. The molecule has 0 radical (unpaired) electrons. The molecule has 0 bridgehead atoms. The molecule has 0 fully saturated rings. The van der Waals surface area contributed by atoms with Crippen molar-refractivity contribution in [2.75, 3.05) is 14.1 Å². The molecule has 2 aromatic rings. The molecule has 0 N–H and O–H groups in total. The summed E-state index contributed by atoms with van der Waals surface area (Å²) < 4.78 is 6.81. The van der Waals surface area contributed by atoms with E-state index in [4.69, 9.17) is 4.42 Å². The molecular weight excluding hydrogens is 364 g/mol. The van der Waals surface area contributed by atoms with E-state index in [1.165, 1.54) is 29.6 Å². The summed E-state index contributed by atoms with van der Waals surface area (Å²) >= 11 is 1.47. The fraction of sp³-hybridized carbons (Fsp3) is 0.211. The average molecular weight is 381 g/mol. The van der Waals surface area contributed by atoms with Crippen LogP contribution >= 0.6 is 11.8 Å². The minimum atomic E-state index is -0.690. The summed E-state index contributed by atoms with van der Waals surface area (Å²) in [5.74, 6) is 0.869. The second-order valence-corrected chi connectivity index (χ2v) is 7.16. The highest BCUT2D eigenvalue weighted by Crippen LogP contribution is 2.28. The molecular formula is C19H17N4O3S+. The number of thioether (sulfide) groups is 1. The van der Waals surface area contributed by atoms with Crippen molar-refractivity contribution in [2.24, 2.45) is 15.9 Å². The van der Waals surface area contributed by atoms with Crippen LogP contribution in [0.25, 0.3) is 0 Å². The summed E-state index contributed by atoms with van der Waals surface area (Å²) in [5.41, 5.74) is 1.12. The van der Waals surface area contributed by atoms with Crippen LogP contribution < -0.4 is 0 Å². The Hall–Kier alpha value is -3.00. The lowest BCUT2D eigenvalue weighted by Crippen LogP contribution is -2.54. The van der Waals surface area contributed by atoms with Gasteiger partial charge in [-0.2, -0.15) is 9.48 Å². The Morgan fingerprint density at radius 3 is 2.63 bits per heavy atom. The van der Waals surface area contributed by atoms with E-state index in [9.17, 15) is 9.59 Å². The second-order valence-electron chi connectivity index (χ2n) is 6.17. The minimum Gasteiger partial charge on any atom is -0.459 e. The molecule has 0 saturated carbocycles. The van der Waals surface area contributed by atoms with Gasteiger partial charge in [-0.15, -0.1) is 11.8 Å². The Morgan fingerprint density at radius 2 is 1.93 bits per heavy atom. The van der Waals surface area contributed by atoms with E-state index >= 15 is 0 Å². The number of benzene rings is 1. The molecule has 1 atom stereocenters. The number of carbonyl (C=O) groups is 2. The highest BCUT2D eigenvalue weighted by atomic mass is 32.2. The summed E-state index contributed by atoms with van der Waals surface area (Å²) in [7, 11) is 3.09. The van der Waals surface area contributed by atoms with Crippen LogP contribution in [0, 0.1) is 5.92 Å². The predicted octanol–water partition coefficient (Wildman–Crippen LogP) is 2.62. The zero-order valence-electron chi connectivity index (χ0n) is 14.8. The SMILES string of the molecule is CN1C(=O)C2C(SCc3ccccc3)=NC(c3ccco3)=NC2=[N+](C)C1=O. The molecule has 7 nitrogen and oxygen atoms in total. The zero-order chi connectivity index (χ0) is 19.0. The largest absolute Gasteiger partial charge is 0.459 e. The lowest BCUT2D eigenvalue weighted by atomic mass is 10.0. The van der Waals surface area contributed by atoms with Crippen molar-refractivity contribution in [1.29, 1.82) is 0 Å². The topological polar surface area (TPSA) is 78.2 Å². The number of hydrogen-bond acceptors (Lipinski definition) is 6. The number of fused-ring (bicyclic) bond motifs is 1. The van der Waals surface area contributed by atoms with Gasteiger partial charge in [0.05, 0.1) is 20.4 Å². The molecule has 0 aliphatic carbocycles. The van der Waals surface area contributed by atoms with Crippen molar-refractivity contribution in [3.63, 3.8) is 0 Å². The summed E-state index contributed by atoms with van der Waals surface area (Å²) in [4.78, 5) is 35.3. The molecule has 1 aromatic heterocycles. The number of nitrogens with zero attached hydrogens (tertiary/aromatic N) is 4. The third kappa shape index (κ3) is 3.12. The first-order chi connectivity index (χ1) is 13.1. The van der Waals surface area contributed by atoms with Crippen LogP contribution in [-0.4, -0.2) is 52.2 Å². The van der Waals surface area contributed by atoms with Crippen LogP contribution in [0.5, 0.6) is 0 Å². The van der Waals surface area contributed by atoms with Crippen molar-refractivity contribution in [1.82, 2.24) is 4.90 Å². The number of urea groups is 1. The number of hydrogen-bond donors (Lipinski definition) is 0. The van der Waals surface area contributed by atoms with Gasteiger partial charge in [0.2, 0.25) is 0 Å². The first-order valence-corrected chi connectivity index (χ1v) is 9.35. The number of rotatable bonds is 3.